The van der Waals surface area contributed by atoms with Gasteiger partial charge in [0, 0.05) is 13.1 Å². The van der Waals surface area contributed by atoms with Crippen LogP contribution in [0.25, 0.3) is 0 Å². The fourth-order valence-corrected chi connectivity index (χ4v) is 4.48. The van der Waals surface area contributed by atoms with Crippen LogP contribution < -0.4 is 9.47 Å². The highest BCUT2D eigenvalue weighted by molar-refractivity contribution is 7.99. The minimum atomic E-state index is 0.220. The first-order valence-corrected chi connectivity index (χ1v) is 10.4. The van der Waals surface area contributed by atoms with Gasteiger partial charge in [0.1, 0.15) is 0 Å². The standard InChI is InChI=1S/C20H31NO3S/c1-4-21(13-17-10-11-18(23-2)19(12-17)24-3)20(22)15-25-14-16-8-6-5-7-9-16/h10-12,16H,4-9,13-15H2,1-3H3. The highest BCUT2D eigenvalue weighted by Gasteiger charge is 2.17. The Hall–Kier alpha value is -1.36. The van der Waals surface area contributed by atoms with Crippen molar-refractivity contribution in [2.45, 2.75) is 45.6 Å². The summed E-state index contributed by atoms with van der Waals surface area (Å²) >= 11 is 1.80. The molecular weight excluding hydrogens is 334 g/mol. The lowest BCUT2D eigenvalue weighted by Crippen LogP contribution is -2.32. The molecule has 0 N–H and O–H groups in total. The molecule has 5 heteroatoms. The largest absolute Gasteiger partial charge is 0.493 e. The lowest BCUT2D eigenvalue weighted by molar-refractivity contribution is -0.128. The van der Waals surface area contributed by atoms with Gasteiger partial charge in [-0.2, -0.15) is 11.8 Å². The first-order valence-electron chi connectivity index (χ1n) is 9.24. The smallest absolute Gasteiger partial charge is 0.232 e. The normalized spacial score (nSPS) is 15.0. The molecule has 1 amide bonds. The van der Waals surface area contributed by atoms with Gasteiger partial charge in [0.25, 0.3) is 0 Å². The second-order valence-electron chi connectivity index (χ2n) is 6.62. The van der Waals surface area contributed by atoms with Gasteiger partial charge in [-0.25, -0.2) is 0 Å². The van der Waals surface area contributed by atoms with Gasteiger partial charge in [-0.15, -0.1) is 0 Å². The molecule has 1 aliphatic rings. The molecule has 25 heavy (non-hydrogen) atoms. The van der Waals surface area contributed by atoms with Gasteiger partial charge in [0.15, 0.2) is 11.5 Å². The molecule has 4 nitrogen and oxygen atoms in total. The van der Waals surface area contributed by atoms with E-state index in [0.29, 0.717) is 23.8 Å². The Bertz CT molecular complexity index is 544. The third-order valence-corrected chi connectivity index (χ3v) is 6.02. The predicted molar refractivity (Wildman–Crippen MR) is 105 cm³/mol. The van der Waals surface area contributed by atoms with E-state index in [2.05, 4.69) is 0 Å². The highest BCUT2D eigenvalue weighted by Crippen LogP contribution is 2.29. The van der Waals surface area contributed by atoms with E-state index in [1.165, 1.54) is 32.1 Å². The molecule has 1 aliphatic carbocycles. The molecule has 0 aliphatic heterocycles. The van der Waals surface area contributed by atoms with Gasteiger partial charge in [-0.1, -0.05) is 25.3 Å². The summed E-state index contributed by atoms with van der Waals surface area (Å²) in [6, 6.07) is 5.83. The Morgan fingerprint density at radius 2 is 1.88 bits per heavy atom. The lowest BCUT2D eigenvalue weighted by Gasteiger charge is -2.23. The van der Waals surface area contributed by atoms with Gasteiger partial charge < -0.3 is 14.4 Å². The number of rotatable bonds is 9. The first-order chi connectivity index (χ1) is 12.2. The number of methoxy groups -OCH3 is 2. The van der Waals surface area contributed by atoms with E-state index in [1.807, 2.05) is 30.0 Å². The van der Waals surface area contributed by atoms with Crippen LogP contribution in [0.3, 0.4) is 0 Å². The summed E-state index contributed by atoms with van der Waals surface area (Å²) in [6.45, 7) is 3.36. The molecule has 1 saturated carbocycles. The van der Waals surface area contributed by atoms with Crippen molar-refractivity contribution in [1.29, 1.82) is 0 Å². The monoisotopic (exact) mass is 365 g/mol. The third-order valence-electron chi connectivity index (χ3n) is 4.86. The predicted octanol–water partition coefficient (Wildman–Crippen LogP) is 4.37. The van der Waals surface area contributed by atoms with Crippen LogP contribution in [0.15, 0.2) is 18.2 Å². The van der Waals surface area contributed by atoms with Crippen LogP contribution in [0, 0.1) is 5.92 Å². The molecule has 0 unspecified atom stereocenters. The van der Waals surface area contributed by atoms with Crippen molar-refractivity contribution in [3.63, 3.8) is 0 Å². The van der Waals surface area contributed by atoms with Crippen LogP contribution in [-0.2, 0) is 11.3 Å². The van der Waals surface area contributed by atoms with E-state index in [1.54, 1.807) is 26.0 Å². The summed E-state index contributed by atoms with van der Waals surface area (Å²) in [5.74, 6) is 4.15. The average Bonchev–Trinajstić information content (AvgIpc) is 2.66. The van der Waals surface area contributed by atoms with E-state index < -0.39 is 0 Å². The zero-order chi connectivity index (χ0) is 18.1. The summed E-state index contributed by atoms with van der Waals surface area (Å²) in [5, 5.41) is 0. The lowest BCUT2D eigenvalue weighted by atomic mass is 9.91. The van der Waals surface area contributed by atoms with Crippen molar-refractivity contribution < 1.29 is 14.3 Å². The minimum absolute atomic E-state index is 0.220. The molecule has 0 saturated heterocycles. The van der Waals surface area contributed by atoms with Crippen molar-refractivity contribution in [3.05, 3.63) is 23.8 Å². The molecule has 0 aromatic heterocycles. The number of benzene rings is 1. The second kappa shape index (κ2) is 10.6. The number of carbonyl (C=O) groups is 1. The molecule has 0 spiro atoms. The maximum atomic E-state index is 12.5. The third kappa shape index (κ3) is 6.14. The zero-order valence-electron chi connectivity index (χ0n) is 15.8. The van der Waals surface area contributed by atoms with Crippen LogP contribution in [0.1, 0.15) is 44.6 Å². The Balaban J connectivity index is 1.84. The summed E-state index contributed by atoms with van der Waals surface area (Å²) in [6.07, 6.45) is 6.78. The Kier molecular flexibility index (Phi) is 8.45. The van der Waals surface area contributed by atoms with Gasteiger partial charge in [0.2, 0.25) is 5.91 Å². The number of hydrogen-bond acceptors (Lipinski definition) is 4. The zero-order valence-corrected chi connectivity index (χ0v) is 16.6. The molecule has 0 atom stereocenters. The molecule has 0 bridgehead atoms. The van der Waals surface area contributed by atoms with Crippen LogP contribution in [0.4, 0.5) is 0 Å². The van der Waals surface area contributed by atoms with Crippen LogP contribution in [-0.4, -0.2) is 43.1 Å². The SMILES string of the molecule is CCN(Cc1ccc(OC)c(OC)c1)C(=O)CSCC1CCCCC1. The molecule has 0 radical (unpaired) electrons. The van der Waals surface area contributed by atoms with Crippen molar-refractivity contribution in [3.8, 4) is 11.5 Å². The van der Waals surface area contributed by atoms with E-state index >= 15 is 0 Å². The van der Waals surface area contributed by atoms with Crippen molar-refractivity contribution >= 4 is 17.7 Å². The summed E-state index contributed by atoms with van der Waals surface area (Å²) in [7, 11) is 3.26. The fraction of sp³-hybridized carbons (Fsp3) is 0.650. The molecule has 140 valence electrons. The average molecular weight is 366 g/mol. The molecular formula is C20H31NO3S. The first kappa shape index (κ1) is 20.0. The van der Waals surface area contributed by atoms with Gasteiger partial charge in [0.05, 0.1) is 20.0 Å². The van der Waals surface area contributed by atoms with Crippen LogP contribution >= 0.6 is 11.8 Å². The van der Waals surface area contributed by atoms with Crippen molar-refractivity contribution in [2.24, 2.45) is 5.92 Å². The maximum Gasteiger partial charge on any atom is 0.232 e. The van der Waals surface area contributed by atoms with E-state index in [0.717, 1.165) is 23.8 Å². The van der Waals surface area contributed by atoms with E-state index in [9.17, 15) is 4.79 Å². The Morgan fingerprint density at radius 3 is 2.52 bits per heavy atom. The minimum Gasteiger partial charge on any atom is -0.493 e. The molecule has 0 heterocycles. The highest BCUT2D eigenvalue weighted by atomic mass is 32.2. The van der Waals surface area contributed by atoms with Crippen LogP contribution in [0.2, 0.25) is 0 Å². The molecule has 2 rings (SSSR count). The van der Waals surface area contributed by atoms with Gasteiger partial charge in [-0.3, -0.25) is 4.79 Å². The summed E-state index contributed by atoms with van der Waals surface area (Å²) < 4.78 is 10.6. The number of carbonyl (C=O) groups excluding carboxylic acids is 1. The number of amides is 1. The van der Waals surface area contributed by atoms with Crippen LogP contribution in [0.5, 0.6) is 11.5 Å². The summed E-state index contributed by atoms with van der Waals surface area (Å²) in [5.41, 5.74) is 1.06. The fourth-order valence-electron chi connectivity index (χ4n) is 3.33. The summed E-state index contributed by atoms with van der Waals surface area (Å²) in [4.78, 5) is 14.5. The number of nitrogens with zero attached hydrogens (tertiary/aromatic N) is 1. The quantitative estimate of drug-likeness (QED) is 0.651. The Morgan fingerprint density at radius 1 is 1.16 bits per heavy atom. The second-order valence-corrected chi connectivity index (χ2v) is 7.65. The number of ether oxygens (including phenoxy) is 2. The maximum absolute atomic E-state index is 12.5. The molecule has 1 fully saturated rings. The van der Waals surface area contributed by atoms with Crippen molar-refractivity contribution in [2.75, 3.05) is 32.3 Å². The van der Waals surface area contributed by atoms with E-state index in [4.69, 9.17) is 9.47 Å². The van der Waals surface area contributed by atoms with E-state index in [-0.39, 0.29) is 5.91 Å². The van der Waals surface area contributed by atoms with Gasteiger partial charge >= 0.3 is 0 Å². The Labute approximate surface area is 156 Å². The van der Waals surface area contributed by atoms with Gasteiger partial charge in [-0.05, 0) is 49.1 Å². The molecule has 1 aromatic carbocycles. The topological polar surface area (TPSA) is 38.8 Å². The van der Waals surface area contributed by atoms with Crippen molar-refractivity contribution in [1.82, 2.24) is 4.90 Å². The molecule has 1 aromatic rings. The number of hydrogen-bond donors (Lipinski definition) is 0. The number of thioether (sulfide) groups is 1.